The second-order valence-electron chi connectivity index (χ2n) is 5.04. The van der Waals surface area contributed by atoms with Crippen molar-refractivity contribution < 1.29 is 17.6 Å². The molecule has 7 nitrogen and oxygen atoms in total. The van der Waals surface area contributed by atoms with Crippen LogP contribution in [0.5, 0.6) is 0 Å². The van der Waals surface area contributed by atoms with Gasteiger partial charge in [0.05, 0.1) is 5.92 Å². The van der Waals surface area contributed by atoms with Crippen LogP contribution in [0.2, 0.25) is 0 Å². The van der Waals surface area contributed by atoms with Gasteiger partial charge >= 0.3 is 12.2 Å². The van der Waals surface area contributed by atoms with Crippen molar-refractivity contribution in [1.29, 1.82) is 0 Å². The number of anilines is 2. The lowest BCUT2D eigenvalue weighted by Gasteiger charge is -2.31. The average molecular weight is 314 g/mol. The second kappa shape index (κ2) is 5.43. The lowest BCUT2D eigenvalue weighted by molar-refractivity contribution is -0.141. The molecule has 1 saturated heterocycles. The summed E-state index contributed by atoms with van der Waals surface area (Å²) in [6.45, 7) is 1.20. The Kier molecular flexibility index (Phi) is 3.59. The van der Waals surface area contributed by atoms with Crippen LogP contribution in [0.1, 0.15) is 30.3 Å². The number of alkyl halides is 3. The Balaban J connectivity index is 1.74. The van der Waals surface area contributed by atoms with Crippen LogP contribution in [0.25, 0.3) is 0 Å². The summed E-state index contributed by atoms with van der Waals surface area (Å²) in [6, 6.07) is 2.25. The van der Waals surface area contributed by atoms with E-state index < -0.39 is 11.9 Å². The Morgan fingerprint density at radius 3 is 2.59 bits per heavy atom. The van der Waals surface area contributed by atoms with E-state index in [1.807, 2.05) is 4.90 Å². The van der Waals surface area contributed by atoms with Crippen LogP contribution in [0.15, 0.2) is 16.5 Å². The van der Waals surface area contributed by atoms with Gasteiger partial charge in [0, 0.05) is 13.1 Å². The van der Waals surface area contributed by atoms with E-state index in [2.05, 4.69) is 20.4 Å². The van der Waals surface area contributed by atoms with Crippen molar-refractivity contribution in [3.63, 3.8) is 0 Å². The van der Waals surface area contributed by atoms with E-state index in [1.54, 1.807) is 0 Å². The maximum absolute atomic E-state index is 12.5. The van der Waals surface area contributed by atoms with Crippen LogP contribution in [-0.2, 0) is 6.18 Å². The molecule has 118 valence electrons. The highest BCUT2D eigenvalue weighted by Crippen LogP contribution is 2.30. The fraction of sp³-hybridized carbons (Fsp3) is 0.500. The number of nitrogens with two attached hydrogens (primary N) is 1. The summed E-state index contributed by atoms with van der Waals surface area (Å²) < 4.78 is 42.7. The lowest BCUT2D eigenvalue weighted by Crippen LogP contribution is -2.35. The monoisotopic (exact) mass is 314 g/mol. The maximum atomic E-state index is 12.5. The molecule has 2 aromatic heterocycles. The van der Waals surface area contributed by atoms with Crippen LogP contribution in [-0.4, -0.2) is 33.5 Å². The van der Waals surface area contributed by atoms with E-state index in [1.165, 1.54) is 6.07 Å². The number of nitrogens with zero attached hydrogens (tertiary/aromatic N) is 5. The van der Waals surface area contributed by atoms with Crippen LogP contribution in [0.4, 0.5) is 25.0 Å². The predicted octanol–water partition coefficient (Wildman–Crippen LogP) is 1.84. The molecule has 22 heavy (non-hydrogen) atoms. The third-order valence-electron chi connectivity index (χ3n) is 3.49. The number of piperidine rings is 1. The molecule has 0 bridgehead atoms. The van der Waals surface area contributed by atoms with Crippen LogP contribution < -0.4 is 10.6 Å². The van der Waals surface area contributed by atoms with E-state index in [9.17, 15) is 13.2 Å². The highest BCUT2D eigenvalue weighted by molar-refractivity contribution is 5.39. The molecule has 1 aliphatic heterocycles. The zero-order valence-corrected chi connectivity index (χ0v) is 11.4. The van der Waals surface area contributed by atoms with E-state index in [4.69, 9.17) is 10.2 Å². The summed E-state index contributed by atoms with van der Waals surface area (Å²) >= 11 is 0. The van der Waals surface area contributed by atoms with Crippen LogP contribution >= 0.6 is 0 Å². The largest absolute Gasteiger partial charge is 0.435 e. The highest BCUT2D eigenvalue weighted by atomic mass is 19.4. The number of hydrogen-bond donors (Lipinski definition) is 1. The molecule has 0 amide bonds. The molecule has 3 rings (SSSR count). The molecule has 10 heteroatoms. The molecule has 0 aromatic carbocycles. The molecule has 2 aromatic rings. The van der Waals surface area contributed by atoms with Gasteiger partial charge in [0.2, 0.25) is 5.89 Å². The minimum atomic E-state index is -4.49. The topological polar surface area (TPSA) is 94.0 Å². The minimum absolute atomic E-state index is 0.00134. The van der Waals surface area contributed by atoms with Gasteiger partial charge in [-0.05, 0) is 25.0 Å². The molecule has 1 aliphatic rings. The summed E-state index contributed by atoms with van der Waals surface area (Å²) in [5.74, 6) is 0.801. The number of rotatable bonds is 2. The van der Waals surface area contributed by atoms with Gasteiger partial charge in [-0.1, -0.05) is 5.10 Å². The van der Waals surface area contributed by atoms with Gasteiger partial charge in [0.1, 0.15) is 0 Å². The first kappa shape index (κ1) is 14.5. The molecule has 0 radical (unpaired) electrons. The Morgan fingerprint density at radius 1 is 1.18 bits per heavy atom. The van der Waals surface area contributed by atoms with E-state index in [-0.39, 0.29) is 11.9 Å². The number of aromatic nitrogens is 4. The normalized spacial score (nSPS) is 19.4. The molecule has 1 fully saturated rings. The summed E-state index contributed by atoms with van der Waals surface area (Å²) in [4.78, 5) is 1.85. The SMILES string of the molecule is Nc1nnc(C2CCCN(c3ccc(C(F)(F)F)nn3)C2)o1. The fourth-order valence-corrected chi connectivity index (χ4v) is 2.44. The Hall–Kier alpha value is -2.39. The third kappa shape index (κ3) is 2.95. The Labute approximate surface area is 123 Å². The fourth-order valence-electron chi connectivity index (χ4n) is 2.44. The zero-order valence-electron chi connectivity index (χ0n) is 11.4. The average Bonchev–Trinajstić information content (AvgIpc) is 2.93. The summed E-state index contributed by atoms with van der Waals surface area (Å²) in [7, 11) is 0. The molecule has 2 N–H and O–H groups in total. The van der Waals surface area contributed by atoms with Crippen molar-refractivity contribution in [1.82, 2.24) is 20.4 Å². The maximum Gasteiger partial charge on any atom is 0.435 e. The first-order valence-corrected chi connectivity index (χ1v) is 6.68. The van der Waals surface area contributed by atoms with Gasteiger partial charge in [-0.3, -0.25) is 0 Å². The van der Waals surface area contributed by atoms with Gasteiger partial charge in [-0.2, -0.15) is 13.2 Å². The minimum Gasteiger partial charge on any atom is -0.408 e. The Morgan fingerprint density at radius 2 is 2.00 bits per heavy atom. The third-order valence-corrected chi connectivity index (χ3v) is 3.49. The molecule has 0 aliphatic carbocycles. The first-order chi connectivity index (χ1) is 10.4. The Bertz CT molecular complexity index is 641. The van der Waals surface area contributed by atoms with Crippen LogP contribution in [0.3, 0.4) is 0 Å². The molecule has 1 atom stereocenters. The second-order valence-corrected chi connectivity index (χ2v) is 5.04. The molecular weight excluding hydrogens is 301 g/mol. The van der Waals surface area contributed by atoms with E-state index in [0.29, 0.717) is 24.8 Å². The predicted molar refractivity (Wildman–Crippen MR) is 69.9 cm³/mol. The van der Waals surface area contributed by atoms with Gasteiger partial charge in [0.25, 0.3) is 0 Å². The lowest BCUT2D eigenvalue weighted by atomic mass is 9.98. The van der Waals surface area contributed by atoms with Gasteiger partial charge in [-0.15, -0.1) is 15.3 Å². The van der Waals surface area contributed by atoms with Gasteiger partial charge in [0.15, 0.2) is 11.5 Å². The number of nitrogen functional groups attached to an aromatic ring is 1. The highest BCUT2D eigenvalue weighted by Gasteiger charge is 2.33. The van der Waals surface area contributed by atoms with Crippen LogP contribution in [0, 0.1) is 0 Å². The summed E-state index contributed by atoms with van der Waals surface area (Å²) in [5.41, 5.74) is 4.40. The molecule has 1 unspecified atom stereocenters. The standard InChI is InChI=1S/C12H13F3N6O/c13-12(14,15)8-3-4-9(18-17-8)21-5-1-2-7(6-21)10-19-20-11(16)22-10/h3-4,7H,1-2,5-6H2,(H2,16,20). The molecule has 0 spiro atoms. The zero-order chi connectivity index (χ0) is 15.7. The van der Waals surface area contributed by atoms with E-state index in [0.717, 1.165) is 18.9 Å². The summed E-state index contributed by atoms with van der Waals surface area (Å²) in [6.07, 6.45) is -2.82. The van der Waals surface area contributed by atoms with Gasteiger partial charge in [-0.25, -0.2) is 0 Å². The molecular formula is C12H13F3N6O. The van der Waals surface area contributed by atoms with Crippen molar-refractivity contribution in [3.8, 4) is 0 Å². The van der Waals surface area contributed by atoms with Gasteiger partial charge < -0.3 is 15.1 Å². The quantitative estimate of drug-likeness (QED) is 0.904. The smallest absolute Gasteiger partial charge is 0.408 e. The van der Waals surface area contributed by atoms with Crippen molar-refractivity contribution in [2.75, 3.05) is 23.7 Å². The van der Waals surface area contributed by atoms with Crippen molar-refractivity contribution in [3.05, 3.63) is 23.7 Å². The van der Waals surface area contributed by atoms with Crippen molar-refractivity contribution in [2.24, 2.45) is 0 Å². The first-order valence-electron chi connectivity index (χ1n) is 6.68. The summed E-state index contributed by atoms with van der Waals surface area (Å²) in [5, 5.41) is 14.4. The number of halogens is 3. The number of hydrogen-bond acceptors (Lipinski definition) is 7. The van der Waals surface area contributed by atoms with E-state index >= 15 is 0 Å². The van der Waals surface area contributed by atoms with Crippen molar-refractivity contribution >= 4 is 11.8 Å². The molecule has 0 saturated carbocycles. The molecule has 3 heterocycles. The van der Waals surface area contributed by atoms with Crippen molar-refractivity contribution in [2.45, 2.75) is 24.9 Å².